The van der Waals surface area contributed by atoms with Gasteiger partial charge in [-0.3, -0.25) is 4.79 Å². The van der Waals surface area contributed by atoms with Crippen LogP contribution in [0.15, 0.2) is 23.7 Å². The molecule has 102 valence electrons. The van der Waals surface area contributed by atoms with Gasteiger partial charge in [-0.15, -0.1) is 16.4 Å². The van der Waals surface area contributed by atoms with E-state index >= 15 is 0 Å². The quantitative estimate of drug-likeness (QED) is 0.776. The molecule has 20 heavy (non-hydrogen) atoms. The molecule has 3 aromatic heterocycles. The summed E-state index contributed by atoms with van der Waals surface area (Å²) in [6.45, 7) is 2.48. The predicted molar refractivity (Wildman–Crippen MR) is 73.4 cm³/mol. The molecule has 0 unspecified atom stereocenters. The van der Waals surface area contributed by atoms with Gasteiger partial charge in [0.15, 0.2) is 5.65 Å². The summed E-state index contributed by atoms with van der Waals surface area (Å²) >= 11 is 1.61. The number of nitrogens with zero attached hydrogens (tertiary/aromatic N) is 5. The summed E-state index contributed by atoms with van der Waals surface area (Å²) < 4.78 is 1.47. The molecule has 0 radical (unpaired) electrons. The van der Waals surface area contributed by atoms with Crippen molar-refractivity contribution in [1.29, 1.82) is 0 Å². The minimum absolute atomic E-state index is 0.173. The average molecular weight is 288 g/mol. The molecule has 0 spiro atoms. The number of aromatic nitrogens is 5. The minimum atomic E-state index is -0.173. The number of carbonyl (C=O) groups excluding carboxylic acids is 1. The van der Waals surface area contributed by atoms with Crippen LogP contribution in [0, 0.1) is 0 Å². The van der Waals surface area contributed by atoms with Crippen LogP contribution >= 0.6 is 11.3 Å². The Morgan fingerprint density at radius 2 is 2.35 bits per heavy atom. The van der Waals surface area contributed by atoms with Crippen LogP contribution in [0.4, 0.5) is 0 Å². The van der Waals surface area contributed by atoms with Crippen LogP contribution in [-0.2, 0) is 13.0 Å². The molecular weight excluding hydrogens is 276 g/mol. The second-order valence-electron chi connectivity index (χ2n) is 4.17. The van der Waals surface area contributed by atoms with Gasteiger partial charge in [0.25, 0.3) is 5.91 Å². The summed E-state index contributed by atoms with van der Waals surface area (Å²) in [5.74, 6) is -0.173. The lowest BCUT2D eigenvalue weighted by Crippen LogP contribution is -2.23. The Bertz CT molecular complexity index is 749. The highest BCUT2D eigenvalue weighted by atomic mass is 32.1. The zero-order valence-corrected chi connectivity index (χ0v) is 11.6. The molecule has 0 saturated heterocycles. The summed E-state index contributed by atoms with van der Waals surface area (Å²) in [4.78, 5) is 16.4. The van der Waals surface area contributed by atoms with Crippen molar-refractivity contribution in [3.05, 3.63) is 40.0 Å². The van der Waals surface area contributed by atoms with E-state index in [2.05, 4.69) is 32.7 Å². The van der Waals surface area contributed by atoms with E-state index < -0.39 is 0 Å². The van der Waals surface area contributed by atoms with E-state index in [4.69, 9.17) is 0 Å². The largest absolute Gasteiger partial charge is 0.346 e. The highest BCUT2D eigenvalue weighted by Crippen LogP contribution is 2.10. The van der Waals surface area contributed by atoms with Gasteiger partial charge in [0.1, 0.15) is 0 Å². The lowest BCUT2D eigenvalue weighted by atomic mass is 10.2. The van der Waals surface area contributed by atoms with Gasteiger partial charge in [-0.1, -0.05) is 6.92 Å². The molecular formula is C12H12N6OS. The van der Waals surface area contributed by atoms with Crippen molar-refractivity contribution >= 4 is 22.9 Å². The van der Waals surface area contributed by atoms with Crippen LogP contribution in [0.3, 0.4) is 0 Å². The van der Waals surface area contributed by atoms with Gasteiger partial charge in [-0.05, 0) is 29.0 Å². The van der Waals surface area contributed by atoms with Gasteiger partial charge in [-0.2, -0.15) is 4.52 Å². The maximum atomic E-state index is 12.0. The van der Waals surface area contributed by atoms with Crippen LogP contribution in [-0.4, -0.2) is 30.9 Å². The van der Waals surface area contributed by atoms with E-state index in [-0.39, 0.29) is 5.91 Å². The topological polar surface area (TPSA) is 85.1 Å². The third-order valence-corrected chi connectivity index (χ3v) is 3.83. The van der Waals surface area contributed by atoms with Crippen LogP contribution < -0.4 is 5.32 Å². The van der Waals surface area contributed by atoms with Gasteiger partial charge in [0.2, 0.25) is 0 Å². The van der Waals surface area contributed by atoms with E-state index in [1.54, 1.807) is 29.7 Å². The average Bonchev–Trinajstić information content (AvgIpc) is 3.12. The third kappa shape index (κ3) is 2.50. The molecule has 0 aliphatic heterocycles. The molecule has 0 aromatic carbocycles. The molecule has 0 bridgehead atoms. The third-order valence-electron chi connectivity index (χ3n) is 2.79. The molecule has 1 amide bonds. The minimum Gasteiger partial charge on any atom is -0.346 e. The van der Waals surface area contributed by atoms with E-state index in [0.717, 1.165) is 17.1 Å². The van der Waals surface area contributed by atoms with E-state index in [1.807, 2.05) is 5.38 Å². The number of nitrogens with one attached hydrogen (secondary N) is 1. The fraction of sp³-hybridized carbons (Fsp3) is 0.250. The van der Waals surface area contributed by atoms with Crippen molar-refractivity contribution in [3.63, 3.8) is 0 Å². The van der Waals surface area contributed by atoms with Crippen molar-refractivity contribution in [1.82, 2.24) is 30.3 Å². The van der Waals surface area contributed by atoms with Crippen molar-refractivity contribution in [2.24, 2.45) is 0 Å². The summed E-state index contributed by atoms with van der Waals surface area (Å²) in [6.07, 6.45) is 2.51. The Hall–Kier alpha value is -2.35. The summed E-state index contributed by atoms with van der Waals surface area (Å²) in [6, 6.07) is 3.40. The fourth-order valence-electron chi connectivity index (χ4n) is 1.74. The monoisotopic (exact) mass is 288 g/mol. The zero-order chi connectivity index (χ0) is 13.9. The molecule has 0 saturated carbocycles. The van der Waals surface area contributed by atoms with Gasteiger partial charge >= 0.3 is 0 Å². The van der Waals surface area contributed by atoms with Crippen molar-refractivity contribution < 1.29 is 4.79 Å². The molecule has 3 heterocycles. The lowest BCUT2D eigenvalue weighted by molar-refractivity contribution is 0.0950. The van der Waals surface area contributed by atoms with Crippen LogP contribution in [0.25, 0.3) is 5.65 Å². The molecule has 3 aromatic rings. The molecule has 3 rings (SSSR count). The normalized spacial score (nSPS) is 10.8. The van der Waals surface area contributed by atoms with Crippen molar-refractivity contribution in [2.75, 3.05) is 0 Å². The second kappa shape index (κ2) is 5.33. The molecule has 8 heteroatoms. The maximum Gasteiger partial charge on any atom is 0.253 e. The van der Waals surface area contributed by atoms with Crippen LogP contribution in [0.2, 0.25) is 0 Å². The number of thiazole rings is 1. The number of hydrogen-bond acceptors (Lipinski definition) is 6. The smallest absolute Gasteiger partial charge is 0.253 e. The van der Waals surface area contributed by atoms with Gasteiger partial charge < -0.3 is 5.32 Å². The molecule has 0 fully saturated rings. The highest BCUT2D eigenvalue weighted by molar-refractivity contribution is 7.09. The standard InChI is InChI=1S/C12H12N6OS/c1-2-11-14-9(7-20-11)5-13-12(19)8-3-4-10-15-16-17-18(10)6-8/h3-4,6-7H,2,5H2,1H3,(H,13,19). The zero-order valence-electron chi connectivity index (χ0n) is 10.8. The Balaban J connectivity index is 1.69. The Labute approximate surface area is 118 Å². The molecule has 0 aliphatic rings. The van der Waals surface area contributed by atoms with Crippen LogP contribution in [0.5, 0.6) is 0 Å². The number of tetrazole rings is 1. The van der Waals surface area contributed by atoms with E-state index in [0.29, 0.717) is 17.8 Å². The van der Waals surface area contributed by atoms with Crippen molar-refractivity contribution in [2.45, 2.75) is 19.9 Å². The number of rotatable bonds is 4. The molecule has 0 atom stereocenters. The molecule has 7 nitrogen and oxygen atoms in total. The number of amides is 1. The Morgan fingerprint density at radius 1 is 1.45 bits per heavy atom. The van der Waals surface area contributed by atoms with Crippen molar-refractivity contribution in [3.8, 4) is 0 Å². The lowest BCUT2D eigenvalue weighted by Gasteiger charge is -2.03. The second-order valence-corrected chi connectivity index (χ2v) is 5.11. The van der Waals surface area contributed by atoms with Gasteiger partial charge in [0.05, 0.1) is 22.8 Å². The number of carbonyl (C=O) groups is 1. The van der Waals surface area contributed by atoms with Gasteiger partial charge in [0, 0.05) is 11.6 Å². The van der Waals surface area contributed by atoms with Gasteiger partial charge in [-0.25, -0.2) is 4.98 Å². The maximum absolute atomic E-state index is 12.0. The number of pyridine rings is 1. The predicted octanol–water partition coefficient (Wildman–Crippen LogP) is 1.07. The van der Waals surface area contributed by atoms with E-state index in [1.165, 1.54) is 4.52 Å². The first-order chi connectivity index (χ1) is 9.76. The first-order valence-electron chi connectivity index (χ1n) is 6.15. The SMILES string of the molecule is CCc1nc(CNC(=O)c2ccc3nnnn3c2)cs1. The first kappa shape index (κ1) is 12.7. The summed E-state index contributed by atoms with van der Waals surface area (Å²) in [5, 5.41) is 16.9. The number of aryl methyl sites for hydroxylation is 1. The first-order valence-corrected chi connectivity index (χ1v) is 7.03. The molecule has 1 N–H and O–H groups in total. The Kier molecular flexibility index (Phi) is 3.38. The van der Waals surface area contributed by atoms with E-state index in [9.17, 15) is 4.79 Å². The fourth-order valence-corrected chi connectivity index (χ4v) is 2.49. The Morgan fingerprint density at radius 3 is 3.15 bits per heavy atom. The highest BCUT2D eigenvalue weighted by Gasteiger charge is 2.08. The number of hydrogen-bond donors (Lipinski definition) is 1. The summed E-state index contributed by atoms with van der Waals surface area (Å²) in [7, 11) is 0. The number of fused-ring (bicyclic) bond motifs is 1. The molecule has 0 aliphatic carbocycles. The van der Waals surface area contributed by atoms with Crippen LogP contribution in [0.1, 0.15) is 28.0 Å². The summed E-state index contributed by atoms with van der Waals surface area (Å²) in [5.41, 5.74) is 1.99.